The molecular formula is C26H25OP. The molecule has 0 saturated heterocycles. The molecule has 0 saturated carbocycles. The Morgan fingerprint density at radius 3 is 1.14 bits per heavy atom. The molecule has 1 unspecified atom stereocenters. The quantitative estimate of drug-likeness (QED) is 0.422. The van der Waals surface area contributed by atoms with Gasteiger partial charge >= 0.3 is 168 Å². The summed E-state index contributed by atoms with van der Waals surface area (Å²) in [6, 6.07) is 43.3. The summed E-state index contributed by atoms with van der Waals surface area (Å²) in [7, 11) is -0.675. The molecule has 4 rings (SSSR count). The first-order valence-corrected chi connectivity index (χ1v) is 11.7. The fraction of sp³-hybridized carbons (Fsp3) is 0.0769. The van der Waals surface area contributed by atoms with E-state index in [2.05, 4.69) is 121 Å². The van der Waals surface area contributed by atoms with Crippen LogP contribution in [0.1, 0.15) is 11.4 Å². The molecule has 4 aromatic carbocycles. The van der Waals surface area contributed by atoms with Gasteiger partial charge in [0.1, 0.15) is 0 Å². The van der Waals surface area contributed by atoms with Crippen molar-refractivity contribution in [3.63, 3.8) is 0 Å². The molecule has 0 aliphatic rings. The van der Waals surface area contributed by atoms with Gasteiger partial charge in [0.2, 0.25) is 0 Å². The van der Waals surface area contributed by atoms with Gasteiger partial charge in [0.25, 0.3) is 0 Å². The van der Waals surface area contributed by atoms with Gasteiger partial charge in [-0.2, -0.15) is 0 Å². The Bertz CT molecular complexity index is 889. The average Bonchev–Trinajstić information content (AvgIpc) is 2.80. The first kappa shape index (κ1) is 18.6. The number of rotatable bonds is 6. The van der Waals surface area contributed by atoms with Crippen LogP contribution in [-0.4, -0.2) is 7.11 Å². The monoisotopic (exact) mass is 384 g/mol. The third kappa shape index (κ3) is 3.29. The molecule has 0 aromatic heterocycles. The number of hydrogen-bond acceptors (Lipinski definition) is 1. The van der Waals surface area contributed by atoms with E-state index in [1.54, 1.807) is 0 Å². The van der Waals surface area contributed by atoms with Crippen molar-refractivity contribution in [1.82, 2.24) is 0 Å². The molecule has 1 atom stereocenters. The molecule has 0 spiro atoms. The summed E-state index contributed by atoms with van der Waals surface area (Å²) in [5, 5.41) is 4.05. The van der Waals surface area contributed by atoms with Crippen LogP contribution >= 0.6 is 7.26 Å². The van der Waals surface area contributed by atoms with E-state index in [0.29, 0.717) is 0 Å². The van der Waals surface area contributed by atoms with Crippen molar-refractivity contribution in [3.05, 3.63) is 127 Å². The summed E-state index contributed by atoms with van der Waals surface area (Å²) in [5.41, 5.74) is 1.22. The Kier molecular flexibility index (Phi) is 5.67. The van der Waals surface area contributed by atoms with Crippen molar-refractivity contribution in [3.8, 4) is 0 Å². The molecular weight excluding hydrogens is 359 g/mol. The SMILES string of the molecule is COC(c1ccccc1)[PH](c1ccccc1)(c1ccccc1)c1ccccc1. The zero-order valence-electron chi connectivity index (χ0n) is 16.0. The number of methoxy groups -OCH3 is 1. The Labute approximate surface area is 168 Å². The van der Waals surface area contributed by atoms with Gasteiger partial charge in [-0.1, -0.05) is 0 Å². The van der Waals surface area contributed by atoms with Crippen LogP contribution in [0.2, 0.25) is 0 Å². The number of ether oxygens (including phenoxy) is 1. The average molecular weight is 384 g/mol. The second-order valence-electron chi connectivity index (χ2n) is 6.93. The molecule has 28 heavy (non-hydrogen) atoms. The maximum atomic E-state index is 6.33. The fourth-order valence-corrected chi connectivity index (χ4v) is 9.36. The van der Waals surface area contributed by atoms with E-state index in [1.807, 2.05) is 7.11 Å². The van der Waals surface area contributed by atoms with Crippen LogP contribution in [-0.2, 0) is 4.74 Å². The van der Waals surface area contributed by atoms with E-state index in [0.717, 1.165) is 0 Å². The number of hydrogen-bond donors (Lipinski definition) is 0. The zero-order valence-corrected chi connectivity index (χ0v) is 17.0. The summed E-state index contributed by atoms with van der Waals surface area (Å²) >= 11 is 0. The molecule has 0 bridgehead atoms. The second-order valence-corrected chi connectivity index (χ2v) is 10.8. The van der Waals surface area contributed by atoms with Gasteiger partial charge in [-0.25, -0.2) is 0 Å². The van der Waals surface area contributed by atoms with Crippen molar-refractivity contribution in [2.45, 2.75) is 5.85 Å². The van der Waals surface area contributed by atoms with Crippen molar-refractivity contribution in [2.75, 3.05) is 7.11 Å². The van der Waals surface area contributed by atoms with E-state index < -0.39 is 7.26 Å². The van der Waals surface area contributed by atoms with Gasteiger partial charge in [0, 0.05) is 0 Å². The standard InChI is InChI=1S/C26H25OP/c1-27-26(22-14-6-2-7-15-22)28(23-16-8-3-9-17-23,24-18-10-4-11-19-24)25-20-12-5-13-21-25/h2-21,26,28H,1H3. The maximum absolute atomic E-state index is 6.33. The van der Waals surface area contributed by atoms with E-state index >= 15 is 0 Å². The van der Waals surface area contributed by atoms with Crippen LogP contribution in [0, 0.1) is 0 Å². The Balaban J connectivity index is 2.10. The summed E-state index contributed by atoms with van der Waals surface area (Å²) in [5.74, 6) is -0.0408. The predicted octanol–water partition coefficient (Wildman–Crippen LogP) is 5.06. The van der Waals surface area contributed by atoms with E-state index in [1.165, 1.54) is 21.5 Å². The Morgan fingerprint density at radius 1 is 0.500 bits per heavy atom. The van der Waals surface area contributed by atoms with Crippen LogP contribution in [0.3, 0.4) is 0 Å². The third-order valence-electron chi connectivity index (χ3n) is 5.42. The van der Waals surface area contributed by atoms with Gasteiger partial charge in [-0.05, 0) is 0 Å². The summed E-state index contributed by atoms with van der Waals surface area (Å²) in [6.45, 7) is 0. The molecule has 140 valence electrons. The number of benzene rings is 4. The molecule has 4 aromatic rings. The predicted molar refractivity (Wildman–Crippen MR) is 123 cm³/mol. The van der Waals surface area contributed by atoms with Crippen LogP contribution in [0.5, 0.6) is 0 Å². The van der Waals surface area contributed by atoms with E-state index in [9.17, 15) is 0 Å². The molecule has 1 nitrogen and oxygen atoms in total. The Morgan fingerprint density at radius 2 is 0.821 bits per heavy atom. The first-order valence-electron chi connectivity index (χ1n) is 9.61. The molecule has 2 heteroatoms. The summed E-state index contributed by atoms with van der Waals surface area (Å²) in [4.78, 5) is 0. The van der Waals surface area contributed by atoms with Crippen molar-refractivity contribution < 1.29 is 4.74 Å². The normalized spacial score (nSPS) is 13.0. The van der Waals surface area contributed by atoms with E-state index in [-0.39, 0.29) is 5.85 Å². The molecule has 0 aliphatic heterocycles. The van der Waals surface area contributed by atoms with Gasteiger partial charge in [0.05, 0.1) is 0 Å². The fourth-order valence-electron chi connectivity index (χ4n) is 4.25. The first-order chi connectivity index (χ1) is 13.9. The van der Waals surface area contributed by atoms with Gasteiger partial charge in [-0.15, -0.1) is 0 Å². The Hall–Kier alpha value is -2.73. The molecule has 0 aliphatic carbocycles. The molecule has 0 N–H and O–H groups in total. The summed E-state index contributed by atoms with van der Waals surface area (Å²) in [6.07, 6.45) is 0. The summed E-state index contributed by atoms with van der Waals surface area (Å²) < 4.78 is 6.33. The molecule has 0 fully saturated rings. The van der Waals surface area contributed by atoms with Gasteiger partial charge in [-0.3, -0.25) is 0 Å². The second kappa shape index (κ2) is 8.52. The zero-order chi connectivity index (χ0) is 19.2. The van der Waals surface area contributed by atoms with Crippen molar-refractivity contribution >= 4 is 23.2 Å². The van der Waals surface area contributed by atoms with Crippen LogP contribution in [0.15, 0.2) is 121 Å². The van der Waals surface area contributed by atoms with Crippen LogP contribution < -0.4 is 15.9 Å². The third-order valence-corrected chi connectivity index (χ3v) is 10.5. The topological polar surface area (TPSA) is 9.23 Å². The molecule has 0 amide bonds. The molecule has 0 heterocycles. The van der Waals surface area contributed by atoms with Crippen molar-refractivity contribution in [1.29, 1.82) is 0 Å². The minimum atomic E-state index is -2.52. The minimum absolute atomic E-state index is 0.0408. The van der Waals surface area contributed by atoms with Crippen LogP contribution in [0.4, 0.5) is 0 Å². The van der Waals surface area contributed by atoms with Gasteiger partial charge < -0.3 is 0 Å². The molecule has 0 radical (unpaired) electrons. The van der Waals surface area contributed by atoms with Gasteiger partial charge in [0.15, 0.2) is 0 Å². The van der Waals surface area contributed by atoms with Crippen molar-refractivity contribution in [2.24, 2.45) is 0 Å². The van der Waals surface area contributed by atoms with Crippen LogP contribution in [0.25, 0.3) is 0 Å². The van der Waals surface area contributed by atoms with E-state index in [4.69, 9.17) is 4.74 Å².